The minimum Gasteiger partial charge on any atom is -0.370 e. The summed E-state index contributed by atoms with van der Waals surface area (Å²) in [5, 5.41) is 2.97. The van der Waals surface area contributed by atoms with E-state index in [1.165, 1.54) is 38.5 Å². The molecule has 0 unspecified atom stereocenters. The van der Waals surface area contributed by atoms with Crippen molar-refractivity contribution >= 4 is 5.96 Å². The van der Waals surface area contributed by atoms with E-state index in [0.717, 1.165) is 17.8 Å². The van der Waals surface area contributed by atoms with Crippen molar-refractivity contribution in [1.29, 1.82) is 0 Å². The van der Waals surface area contributed by atoms with Gasteiger partial charge in [0.1, 0.15) is 0 Å². The molecule has 3 heteroatoms. The van der Waals surface area contributed by atoms with Crippen molar-refractivity contribution in [3.63, 3.8) is 0 Å². The Labute approximate surface area is 91.5 Å². The number of hydrogen-bond acceptors (Lipinski definition) is 1. The Morgan fingerprint density at radius 2 is 1.60 bits per heavy atom. The molecule has 4 aliphatic carbocycles. The summed E-state index contributed by atoms with van der Waals surface area (Å²) in [5.74, 6) is 3.48. The van der Waals surface area contributed by atoms with Crippen molar-refractivity contribution in [3.8, 4) is 0 Å². The van der Waals surface area contributed by atoms with Gasteiger partial charge in [-0.1, -0.05) is 0 Å². The zero-order valence-electron chi connectivity index (χ0n) is 9.50. The Morgan fingerprint density at radius 3 is 2.00 bits per heavy atom. The quantitative estimate of drug-likeness (QED) is 0.505. The van der Waals surface area contributed by atoms with Gasteiger partial charge in [-0.3, -0.25) is 0 Å². The first-order valence-corrected chi connectivity index (χ1v) is 6.22. The highest BCUT2D eigenvalue weighted by Crippen LogP contribution is 2.57. The van der Waals surface area contributed by atoms with Crippen LogP contribution < -0.4 is 11.1 Å². The molecular formula is C12H21N3. The van der Waals surface area contributed by atoms with Gasteiger partial charge in [0.15, 0.2) is 5.96 Å². The SMILES string of the molecule is CNC(N)=NC12CC3CC(CC(C3)C1)C2. The second kappa shape index (κ2) is 3.13. The summed E-state index contributed by atoms with van der Waals surface area (Å²) >= 11 is 0. The third kappa shape index (κ3) is 1.52. The fourth-order valence-electron chi connectivity index (χ4n) is 4.51. The van der Waals surface area contributed by atoms with E-state index < -0.39 is 0 Å². The Kier molecular flexibility index (Phi) is 1.98. The lowest BCUT2D eigenvalue weighted by atomic mass is 9.53. The van der Waals surface area contributed by atoms with Gasteiger partial charge < -0.3 is 11.1 Å². The summed E-state index contributed by atoms with van der Waals surface area (Å²) in [7, 11) is 1.86. The minimum absolute atomic E-state index is 0.224. The molecule has 0 saturated heterocycles. The van der Waals surface area contributed by atoms with Crippen LogP contribution in [0.5, 0.6) is 0 Å². The van der Waals surface area contributed by atoms with Crippen LogP contribution in [-0.2, 0) is 0 Å². The zero-order valence-corrected chi connectivity index (χ0v) is 9.50. The molecule has 0 aliphatic heterocycles. The van der Waals surface area contributed by atoms with Crippen molar-refractivity contribution < 1.29 is 0 Å². The number of nitrogens with zero attached hydrogens (tertiary/aromatic N) is 1. The van der Waals surface area contributed by atoms with Gasteiger partial charge in [-0.25, -0.2) is 4.99 Å². The maximum atomic E-state index is 5.83. The van der Waals surface area contributed by atoms with Crippen LogP contribution in [0.3, 0.4) is 0 Å². The molecule has 0 amide bonds. The minimum atomic E-state index is 0.224. The summed E-state index contributed by atoms with van der Waals surface area (Å²) < 4.78 is 0. The lowest BCUT2D eigenvalue weighted by Crippen LogP contribution is -2.50. The van der Waals surface area contributed by atoms with Crippen LogP contribution in [0.25, 0.3) is 0 Å². The van der Waals surface area contributed by atoms with Crippen LogP contribution in [0.1, 0.15) is 38.5 Å². The van der Waals surface area contributed by atoms with Gasteiger partial charge in [0, 0.05) is 7.05 Å². The van der Waals surface area contributed by atoms with Gasteiger partial charge in [0.05, 0.1) is 5.54 Å². The highest BCUT2D eigenvalue weighted by atomic mass is 15.1. The lowest BCUT2D eigenvalue weighted by molar-refractivity contribution is 0.00149. The molecule has 4 aliphatic rings. The Hall–Kier alpha value is -0.730. The molecule has 4 bridgehead atoms. The first kappa shape index (κ1) is 9.49. The first-order chi connectivity index (χ1) is 7.19. The van der Waals surface area contributed by atoms with Crippen molar-refractivity contribution in [1.82, 2.24) is 5.32 Å². The molecule has 84 valence electrons. The van der Waals surface area contributed by atoms with E-state index in [0.29, 0.717) is 5.96 Å². The van der Waals surface area contributed by atoms with E-state index in [4.69, 9.17) is 10.7 Å². The molecule has 0 aromatic carbocycles. The maximum absolute atomic E-state index is 5.83. The third-order valence-electron chi connectivity index (χ3n) is 4.62. The highest BCUT2D eigenvalue weighted by Gasteiger charge is 2.51. The van der Waals surface area contributed by atoms with Gasteiger partial charge in [0.2, 0.25) is 0 Å². The second-order valence-electron chi connectivity index (χ2n) is 5.89. The van der Waals surface area contributed by atoms with Crippen LogP contribution in [0.2, 0.25) is 0 Å². The predicted octanol–water partition coefficient (Wildman–Crippen LogP) is 1.49. The Bertz CT molecular complexity index is 260. The predicted molar refractivity (Wildman–Crippen MR) is 61.6 cm³/mol. The van der Waals surface area contributed by atoms with Crippen molar-refractivity contribution in [2.75, 3.05) is 7.05 Å². The molecule has 0 radical (unpaired) electrons. The molecule has 0 aromatic rings. The first-order valence-electron chi connectivity index (χ1n) is 6.22. The van der Waals surface area contributed by atoms with Crippen molar-refractivity contribution in [2.45, 2.75) is 44.1 Å². The molecule has 3 N–H and O–H groups in total. The van der Waals surface area contributed by atoms with Gasteiger partial charge in [-0.2, -0.15) is 0 Å². The summed E-state index contributed by atoms with van der Waals surface area (Å²) in [4.78, 5) is 4.77. The summed E-state index contributed by atoms with van der Waals surface area (Å²) in [6.07, 6.45) is 8.28. The molecule has 4 fully saturated rings. The zero-order chi connectivity index (χ0) is 10.5. The molecule has 15 heavy (non-hydrogen) atoms. The maximum Gasteiger partial charge on any atom is 0.188 e. The number of rotatable bonds is 1. The van der Waals surface area contributed by atoms with Crippen LogP contribution in [0, 0.1) is 17.8 Å². The highest BCUT2D eigenvalue weighted by molar-refractivity contribution is 5.78. The Morgan fingerprint density at radius 1 is 1.13 bits per heavy atom. The molecule has 0 aromatic heterocycles. The molecule has 4 rings (SSSR count). The average molecular weight is 207 g/mol. The van der Waals surface area contributed by atoms with E-state index in [9.17, 15) is 0 Å². The number of nitrogens with one attached hydrogen (secondary N) is 1. The number of aliphatic imine (C=N–C) groups is 1. The molecule has 4 saturated carbocycles. The van der Waals surface area contributed by atoms with Gasteiger partial charge in [0.25, 0.3) is 0 Å². The largest absolute Gasteiger partial charge is 0.370 e. The monoisotopic (exact) mass is 207 g/mol. The van der Waals surface area contributed by atoms with Crippen LogP contribution in [-0.4, -0.2) is 18.5 Å². The van der Waals surface area contributed by atoms with Crippen LogP contribution in [0.4, 0.5) is 0 Å². The normalized spacial score (nSPS) is 48.3. The van der Waals surface area contributed by atoms with E-state index in [2.05, 4.69) is 5.32 Å². The fourth-order valence-corrected chi connectivity index (χ4v) is 4.51. The lowest BCUT2D eigenvalue weighted by Gasteiger charge is -2.54. The Balaban J connectivity index is 1.87. The summed E-state index contributed by atoms with van der Waals surface area (Å²) in [5.41, 5.74) is 6.06. The van der Waals surface area contributed by atoms with Crippen molar-refractivity contribution in [2.24, 2.45) is 28.5 Å². The van der Waals surface area contributed by atoms with Crippen LogP contribution in [0.15, 0.2) is 4.99 Å². The van der Waals surface area contributed by atoms with E-state index in [1.807, 2.05) is 7.05 Å². The average Bonchev–Trinajstić information content (AvgIpc) is 2.14. The van der Waals surface area contributed by atoms with Gasteiger partial charge in [-0.05, 0) is 56.3 Å². The summed E-state index contributed by atoms with van der Waals surface area (Å²) in [6, 6.07) is 0. The van der Waals surface area contributed by atoms with E-state index >= 15 is 0 Å². The fraction of sp³-hybridized carbons (Fsp3) is 0.917. The van der Waals surface area contributed by atoms with Crippen molar-refractivity contribution in [3.05, 3.63) is 0 Å². The topological polar surface area (TPSA) is 50.4 Å². The number of guanidine groups is 1. The molecule has 0 spiro atoms. The van der Waals surface area contributed by atoms with E-state index in [1.54, 1.807) is 0 Å². The molecule has 0 heterocycles. The smallest absolute Gasteiger partial charge is 0.188 e. The second-order valence-corrected chi connectivity index (χ2v) is 5.89. The number of nitrogens with two attached hydrogens (primary N) is 1. The van der Waals surface area contributed by atoms with Gasteiger partial charge >= 0.3 is 0 Å². The molecular weight excluding hydrogens is 186 g/mol. The summed E-state index contributed by atoms with van der Waals surface area (Å²) in [6.45, 7) is 0. The third-order valence-corrected chi connectivity index (χ3v) is 4.62. The standard InChI is InChI=1S/C12H21N3/c1-14-11(13)15-12-5-8-2-9(6-12)4-10(3-8)7-12/h8-10H,2-7H2,1H3,(H3,13,14,15). The van der Waals surface area contributed by atoms with Gasteiger partial charge in [-0.15, -0.1) is 0 Å². The van der Waals surface area contributed by atoms with Crippen LogP contribution >= 0.6 is 0 Å². The molecule has 0 atom stereocenters. The van der Waals surface area contributed by atoms with E-state index in [-0.39, 0.29) is 5.54 Å². The number of hydrogen-bond donors (Lipinski definition) is 2. The molecule has 3 nitrogen and oxygen atoms in total.